The Labute approximate surface area is 176 Å². The monoisotopic (exact) mass is 433 g/mol. The lowest BCUT2D eigenvalue weighted by atomic mass is 10.1. The number of carbonyl (C=O) groups is 2. The van der Waals surface area contributed by atoms with Crippen LogP contribution in [0.25, 0.3) is 0 Å². The summed E-state index contributed by atoms with van der Waals surface area (Å²) in [7, 11) is 0. The van der Waals surface area contributed by atoms with E-state index in [2.05, 4.69) is 5.32 Å². The van der Waals surface area contributed by atoms with Crippen molar-refractivity contribution in [3.05, 3.63) is 63.1 Å². The molecule has 1 fully saturated rings. The van der Waals surface area contributed by atoms with Gasteiger partial charge in [-0.1, -0.05) is 19.4 Å². The maximum absolute atomic E-state index is 13.8. The van der Waals surface area contributed by atoms with Gasteiger partial charge >= 0.3 is 0 Å². The van der Waals surface area contributed by atoms with Crippen LogP contribution in [0.5, 0.6) is 5.75 Å². The van der Waals surface area contributed by atoms with Crippen LogP contribution in [0.2, 0.25) is 0 Å². The number of pyridine rings is 1. The molecule has 0 aliphatic carbocycles. The van der Waals surface area contributed by atoms with E-state index in [1.54, 1.807) is 0 Å². The third-order valence-corrected chi connectivity index (χ3v) is 5.55. The second kappa shape index (κ2) is 8.10. The van der Waals surface area contributed by atoms with Gasteiger partial charge in [0.1, 0.15) is 17.2 Å². The number of fused-ring (bicyclic) bond motifs is 2. The van der Waals surface area contributed by atoms with Gasteiger partial charge in [0.05, 0.1) is 19.2 Å². The van der Waals surface area contributed by atoms with Crippen LogP contribution < -0.4 is 10.7 Å². The molecule has 31 heavy (non-hydrogen) atoms. The van der Waals surface area contributed by atoms with Gasteiger partial charge in [-0.3, -0.25) is 14.4 Å². The normalized spacial score (nSPS) is 19.8. The Morgan fingerprint density at radius 2 is 2.10 bits per heavy atom. The Hall–Kier alpha value is -3.27. The number of benzene rings is 1. The first-order valence-electron chi connectivity index (χ1n) is 9.94. The highest BCUT2D eigenvalue weighted by atomic mass is 19.1. The number of ether oxygens (including phenoxy) is 1. The third-order valence-electron chi connectivity index (χ3n) is 5.55. The maximum atomic E-state index is 13.8. The van der Waals surface area contributed by atoms with Gasteiger partial charge < -0.3 is 24.6 Å². The summed E-state index contributed by atoms with van der Waals surface area (Å²) in [6, 6.07) is 2.78. The van der Waals surface area contributed by atoms with Gasteiger partial charge in [0.15, 0.2) is 17.7 Å². The third kappa shape index (κ3) is 3.67. The molecule has 2 aliphatic rings. The zero-order chi connectivity index (χ0) is 22.3. The number of aromatic hydroxyl groups is 1. The Bertz CT molecular complexity index is 1120. The summed E-state index contributed by atoms with van der Waals surface area (Å²) in [5.74, 6) is -3.78. The minimum atomic E-state index is -0.998. The van der Waals surface area contributed by atoms with Gasteiger partial charge in [0.2, 0.25) is 5.43 Å². The van der Waals surface area contributed by atoms with Gasteiger partial charge in [-0.05, 0) is 12.5 Å². The molecular weight excluding hydrogens is 412 g/mol. The van der Waals surface area contributed by atoms with Gasteiger partial charge in [-0.15, -0.1) is 0 Å². The van der Waals surface area contributed by atoms with Crippen LogP contribution in [0.4, 0.5) is 8.78 Å². The molecule has 0 bridgehead atoms. The molecule has 0 radical (unpaired) electrons. The molecule has 2 aliphatic heterocycles. The number of amides is 2. The molecule has 2 aromatic rings. The first-order chi connectivity index (χ1) is 14.8. The molecular formula is C21H21F2N3O5. The van der Waals surface area contributed by atoms with Crippen molar-refractivity contribution < 1.29 is 28.2 Å². The lowest BCUT2D eigenvalue weighted by molar-refractivity contribution is 0.00549. The quantitative estimate of drug-likeness (QED) is 0.748. The van der Waals surface area contributed by atoms with E-state index in [0.29, 0.717) is 12.7 Å². The SMILES string of the molecule is CCCC1CO[C@@H]2Cn3cc(C(=O)NCc4ccc(F)cc4F)c(=O)c(O)c3C(=O)N12. The zero-order valence-corrected chi connectivity index (χ0v) is 16.7. The molecule has 2 amide bonds. The highest BCUT2D eigenvalue weighted by Gasteiger charge is 2.44. The topological polar surface area (TPSA) is 101 Å². The number of nitrogens with one attached hydrogen (secondary N) is 1. The summed E-state index contributed by atoms with van der Waals surface area (Å²) in [5, 5.41) is 12.8. The molecule has 3 heterocycles. The van der Waals surface area contributed by atoms with Gasteiger partial charge in [0.25, 0.3) is 11.8 Å². The molecule has 0 spiro atoms. The zero-order valence-electron chi connectivity index (χ0n) is 16.7. The Balaban J connectivity index is 1.60. The van der Waals surface area contributed by atoms with Crippen molar-refractivity contribution in [3.8, 4) is 5.75 Å². The first-order valence-corrected chi connectivity index (χ1v) is 9.94. The van der Waals surface area contributed by atoms with Crippen molar-refractivity contribution >= 4 is 11.8 Å². The molecule has 4 rings (SSSR count). The largest absolute Gasteiger partial charge is 0.503 e. The minimum Gasteiger partial charge on any atom is -0.503 e. The lowest BCUT2D eigenvalue weighted by Gasteiger charge is -2.34. The van der Waals surface area contributed by atoms with E-state index in [1.807, 2.05) is 6.92 Å². The Kier molecular flexibility index (Phi) is 5.48. The second-order valence-electron chi connectivity index (χ2n) is 7.58. The number of rotatable bonds is 5. The molecule has 1 saturated heterocycles. The lowest BCUT2D eigenvalue weighted by Crippen LogP contribution is -2.49. The second-order valence-corrected chi connectivity index (χ2v) is 7.58. The summed E-state index contributed by atoms with van der Waals surface area (Å²) < 4.78 is 33.8. The summed E-state index contributed by atoms with van der Waals surface area (Å²) in [6.07, 6.45) is 2.22. The summed E-state index contributed by atoms with van der Waals surface area (Å²) in [4.78, 5) is 39.6. The summed E-state index contributed by atoms with van der Waals surface area (Å²) in [6.45, 7) is 2.22. The number of halogens is 2. The molecule has 1 aromatic carbocycles. The molecule has 2 N–H and O–H groups in total. The predicted molar refractivity (Wildman–Crippen MR) is 105 cm³/mol. The molecule has 1 aromatic heterocycles. The highest BCUT2D eigenvalue weighted by molar-refractivity contribution is 5.99. The van der Waals surface area contributed by atoms with E-state index >= 15 is 0 Å². The fraction of sp³-hybridized carbons (Fsp3) is 0.381. The summed E-state index contributed by atoms with van der Waals surface area (Å²) in [5.41, 5.74) is -1.55. The smallest absolute Gasteiger partial charge is 0.276 e. The van der Waals surface area contributed by atoms with Crippen molar-refractivity contribution in [1.29, 1.82) is 0 Å². The van der Waals surface area contributed by atoms with E-state index < -0.39 is 46.4 Å². The molecule has 1 unspecified atom stereocenters. The van der Waals surface area contributed by atoms with E-state index in [4.69, 9.17) is 4.74 Å². The van der Waals surface area contributed by atoms with Crippen molar-refractivity contribution in [2.75, 3.05) is 6.61 Å². The molecule has 10 heteroatoms. The van der Waals surface area contributed by atoms with Crippen molar-refractivity contribution in [2.24, 2.45) is 0 Å². The standard InChI is InChI=1S/C21H21F2N3O5/c1-2-3-13-10-31-16-9-25-8-14(18(27)19(28)17(25)21(30)26(13)16)20(29)24-7-11-4-5-12(22)6-15(11)23/h4-6,8,13,16,28H,2-3,7,9-10H2,1H3,(H,24,29)/t13?,16-/m1/s1. The molecule has 164 valence electrons. The van der Waals surface area contributed by atoms with Crippen LogP contribution in [-0.2, 0) is 17.8 Å². The average molecular weight is 433 g/mol. The van der Waals surface area contributed by atoms with Crippen LogP contribution in [0.15, 0.2) is 29.2 Å². The molecule has 8 nitrogen and oxygen atoms in total. The fourth-order valence-corrected chi connectivity index (χ4v) is 4.02. The van der Waals surface area contributed by atoms with E-state index in [9.17, 15) is 28.3 Å². The number of hydrogen-bond acceptors (Lipinski definition) is 5. The van der Waals surface area contributed by atoms with Gasteiger partial charge in [-0.2, -0.15) is 0 Å². The maximum Gasteiger partial charge on any atom is 0.276 e. The average Bonchev–Trinajstić information content (AvgIpc) is 3.13. The van der Waals surface area contributed by atoms with Crippen LogP contribution in [0, 0.1) is 11.6 Å². The van der Waals surface area contributed by atoms with E-state index in [1.165, 1.54) is 21.7 Å². The van der Waals surface area contributed by atoms with Crippen LogP contribution in [0.1, 0.15) is 46.2 Å². The molecule has 2 atom stereocenters. The van der Waals surface area contributed by atoms with Crippen molar-refractivity contribution in [1.82, 2.24) is 14.8 Å². The number of aromatic nitrogens is 1. The van der Waals surface area contributed by atoms with E-state index in [-0.39, 0.29) is 30.4 Å². The summed E-state index contributed by atoms with van der Waals surface area (Å²) >= 11 is 0. The first kappa shape index (κ1) is 21.0. The van der Waals surface area contributed by atoms with Crippen molar-refractivity contribution in [2.45, 2.75) is 45.1 Å². The minimum absolute atomic E-state index is 0.0316. The van der Waals surface area contributed by atoms with Crippen LogP contribution in [0.3, 0.4) is 0 Å². The van der Waals surface area contributed by atoms with Gasteiger partial charge in [-0.25, -0.2) is 8.78 Å². The van der Waals surface area contributed by atoms with Crippen molar-refractivity contribution in [3.63, 3.8) is 0 Å². The predicted octanol–water partition coefficient (Wildman–Crippen LogP) is 1.74. The fourth-order valence-electron chi connectivity index (χ4n) is 4.02. The van der Waals surface area contributed by atoms with Gasteiger partial charge in [0, 0.05) is 24.4 Å². The molecule has 0 saturated carbocycles. The number of carbonyl (C=O) groups excluding carboxylic acids is 2. The highest BCUT2D eigenvalue weighted by Crippen LogP contribution is 2.31. The Morgan fingerprint density at radius 3 is 2.81 bits per heavy atom. The Morgan fingerprint density at radius 1 is 1.32 bits per heavy atom. The van der Waals surface area contributed by atoms with Crippen LogP contribution in [-0.4, -0.2) is 45.3 Å². The van der Waals surface area contributed by atoms with Crippen LogP contribution >= 0.6 is 0 Å². The van der Waals surface area contributed by atoms with E-state index in [0.717, 1.165) is 18.9 Å². The number of nitrogens with zero attached hydrogens (tertiary/aromatic N) is 2. The number of hydrogen-bond donors (Lipinski definition) is 2.